The second kappa shape index (κ2) is 9.16. The third kappa shape index (κ3) is 4.05. The van der Waals surface area contributed by atoms with Gasteiger partial charge in [0, 0.05) is 12.8 Å². The third-order valence-electron chi connectivity index (χ3n) is 4.18. The molecule has 0 radical (unpaired) electrons. The zero-order valence-corrected chi connectivity index (χ0v) is 16.5. The van der Waals surface area contributed by atoms with Crippen LogP contribution in [-0.2, 0) is 14.4 Å². The molecule has 1 heterocycles. The van der Waals surface area contributed by atoms with E-state index in [1.807, 2.05) is 0 Å². The average Bonchev–Trinajstić information content (AvgIpc) is 2.91. The van der Waals surface area contributed by atoms with E-state index < -0.39 is 23.8 Å². The maximum absolute atomic E-state index is 12.8. The van der Waals surface area contributed by atoms with Gasteiger partial charge in [-0.05, 0) is 36.6 Å². The number of hydrogen-bond donors (Lipinski definition) is 0. The number of hydrogen-bond acceptors (Lipinski definition) is 6. The van der Waals surface area contributed by atoms with Crippen LogP contribution in [0.15, 0.2) is 23.9 Å². The van der Waals surface area contributed by atoms with E-state index in [4.69, 9.17) is 9.47 Å². The van der Waals surface area contributed by atoms with Crippen LogP contribution >= 0.6 is 0 Å². The number of methoxy groups -OCH3 is 2. The number of ether oxygens (including phenoxy) is 2. The number of carbonyl (C=O) groups is 4. The van der Waals surface area contributed by atoms with Gasteiger partial charge in [-0.15, -0.1) is 0 Å². The first-order chi connectivity index (χ1) is 13.4. The molecule has 5 amide bonds. The van der Waals surface area contributed by atoms with Crippen LogP contribution in [0.25, 0.3) is 6.08 Å². The molecule has 0 spiro atoms. The van der Waals surface area contributed by atoms with Crippen molar-refractivity contribution in [3.05, 3.63) is 29.5 Å². The summed E-state index contributed by atoms with van der Waals surface area (Å²) in [5.74, 6) is -1.03. The summed E-state index contributed by atoms with van der Waals surface area (Å²) < 4.78 is 10.4. The molecule has 0 saturated carbocycles. The monoisotopic (exact) mass is 388 g/mol. The minimum atomic E-state index is -0.923. The van der Waals surface area contributed by atoms with Crippen LogP contribution in [0.1, 0.15) is 45.1 Å². The van der Waals surface area contributed by atoms with E-state index in [1.54, 1.807) is 32.0 Å². The van der Waals surface area contributed by atoms with Crippen LogP contribution in [0.3, 0.4) is 0 Å². The summed E-state index contributed by atoms with van der Waals surface area (Å²) in [6.45, 7) is 3.56. The second-order valence-electron chi connectivity index (χ2n) is 6.19. The van der Waals surface area contributed by atoms with E-state index in [-0.39, 0.29) is 18.5 Å². The van der Waals surface area contributed by atoms with Gasteiger partial charge in [0.15, 0.2) is 11.5 Å². The Balaban J connectivity index is 2.52. The number of carbonyl (C=O) groups excluding carboxylic acids is 4. The summed E-state index contributed by atoms with van der Waals surface area (Å²) >= 11 is 0. The lowest BCUT2D eigenvalue weighted by Gasteiger charge is -2.14. The van der Waals surface area contributed by atoms with Gasteiger partial charge < -0.3 is 9.47 Å². The van der Waals surface area contributed by atoms with Crippen molar-refractivity contribution in [3.63, 3.8) is 0 Å². The van der Waals surface area contributed by atoms with Crippen LogP contribution in [-0.4, -0.2) is 47.8 Å². The molecule has 0 bridgehead atoms. The van der Waals surface area contributed by atoms with Gasteiger partial charge >= 0.3 is 6.03 Å². The molecular weight excluding hydrogens is 364 g/mol. The molecule has 8 heteroatoms. The maximum Gasteiger partial charge on any atom is 0.345 e. The van der Waals surface area contributed by atoms with Crippen molar-refractivity contribution in [1.29, 1.82) is 0 Å². The SMILES string of the molecule is CCCC(=O)N1C(=O)/C(=C\c2ccc(OC)c(OC)c2)N(C(=O)CCC)C1=O. The lowest BCUT2D eigenvalue weighted by Crippen LogP contribution is -2.39. The minimum absolute atomic E-state index is 0.0386. The zero-order valence-electron chi connectivity index (χ0n) is 16.5. The molecule has 1 fully saturated rings. The molecule has 1 aliphatic rings. The highest BCUT2D eigenvalue weighted by Gasteiger charge is 2.47. The maximum atomic E-state index is 12.8. The van der Waals surface area contributed by atoms with Crippen molar-refractivity contribution >= 4 is 29.8 Å². The number of imide groups is 4. The Morgan fingerprint density at radius 3 is 2.04 bits per heavy atom. The predicted molar refractivity (Wildman–Crippen MR) is 101 cm³/mol. The van der Waals surface area contributed by atoms with Crippen molar-refractivity contribution in [2.24, 2.45) is 0 Å². The molecule has 1 saturated heterocycles. The Morgan fingerprint density at radius 1 is 0.929 bits per heavy atom. The number of urea groups is 1. The molecular formula is C20H24N2O6. The zero-order chi connectivity index (χ0) is 20.8. The molecule has 1 aromatic carbocycles. The van der Waals surface area contributed by atoms with Gasteiger partial charge in [-0.3, -0.25) is 14.4 Å². The molecule has 0 atom stereocenters. The number of benzene rings is 1. The molecule has 2 rings (SSSR count). The highest BCUT2D eigenvalue weighted by atomic mass is 16.5. The highest BCUT2D eigenvalue weighted by Crippen LogP contribution is 2.31. The van der Waals surface area contributed by atoms with E-state index >= 15 is 0 Å². The fraction of sp³-hybridized carbons (Fsp3) is 0.400. The number of amides is 5. The Labute approximate surface area is 163 Å². The summed E-state index contributed by atoms with van der Waals surface area (Å²) in [6, 6.07) is 3.99. The third-order valence-corrected chi connectivity index (χ3v) is 4.18. The molecule has 0 unspecified atom stereocenters. The summed E-state index contributed by atoms with van der Waals surface area (Å²) in [4.78, 5) is 51.5. The predicted octanol–water partition coefficient (Wildman–Crippen LogP) is 2.96. The highest BCUT2D eigenvalue weighted by molar-refractivity contribution is 6.27. The van der Waals surface area contributed by atoms with Gasteiger partial charge in [0.2, 0.25) is 11.8 Å². The van der Waals surface area contributed by atoms with E-state index in [0.29, 0.717) is 34.8 Å². The van der Waals surface area contributed by atoms with Gasteiger partial charge in [-0.25, -0.2) is 9.69 Å². The van der Waals surface area contributed by atoms with Crippen molar-refractivity contribution in [1.82, 2.24) is 9.80 Å². The number of nitrogens with zero attached hydrogens (tertiary/aromatic N) is 2. The Hall–Kier alpha value is -3.16. The molecule has 150 valence electrons. The van der Waals surface area contributed by atoms with Gasteiger partial charge in [-0.1, -0.05) is 19.9 Å². The van der Waals surface area contributed by atoms with Crippen LogP contribution < -0.4 is 9.47 Å². The van der Waals surface area contributed by atoms with E-state index in [9.17, 15) is 19.2 Å². The Kier molecular flexibility index (Phi) is 6.92. The van der Waals surface area contributed by atoms with Crippen molar-refractivity contribution in [3.8, 4) is 11.5 Å². The van der Waals surface area contributed by atoms with Crippen molar-refractivity contribution in [2.45, 2.75) is 39.5 Å². The topological polar surface area (TPSA) is 93.2 Å². The average molecular weight is 388 g/mol. The van der Waals surface area contributed by atoms with Crippen LogP contribution in [0.2, 0.25) is 0 Å². The van der Waals surface area contributed by atoms with E-state index in [1.165, 1.54) is 20.3 Å². The molecule has 0 aromatic heterocycles. The first-order valence-corrected chi connectivity index (χ1v) is 9.07. The van der Waals surface area contributed by atoms with Gasteiger partial charge in [-0.2, -0.15) is 4.90 Å². The van der Waals surface area contributed by atoms with Crippen molar-refractivity contribution in [2.75, 3.05) is 14.2 Å². The molecule has 0 aliphatic carbocycles. The van der Waals surface area contributed by atoms with E-state index in [0.717, 1.165) is 4.90 Å². The summed E-state index contributed by atoms with van der Waals surface area (Å²) in [6.07, 6.45) is 2.50. The second-order valence-corrected chi connectivity index (χ2v) is 6.19. The molecule has 28 heavy (non-hydrogen) atoms. The number of rotatable bonds is 7. The van der Waals surface area contributed by atoms with Gasteiger partial charge in [0.25, 0.3) is 5.91 Å². The largest absolute Gasteiger partial charge is 0.493 e. The van der Waals surface area contributed by atoms with E-state index in [2.05, 4.69) is 0 Å². The fourth-order valence-electron chi connectivity index (χ4n) is 2.84. The lowest BCUT2D eigenvalue weighted by molar-refractivity contribution is -0.137. The lowest BCUT2D eigenvalue weighted by atomic mass is 10.1. The van der Waals surface area contributed by atoms with Gasteiger partial charge in [0.05, 0.1) is 14.2 Å². The Bertz CT molecular complexity index is 830. The standard InChI is InChI=1S/C20H24N2O6/c1-5-7-17(23)21-14(19(25)22(20(21)26)18(24)8-6-2)11-13-9-10-15(27-3)16(12-13)28-4/h9-12H,5-8H2,1-4H3/b14-11+. The molecule has 0 N–H and O–H groups in total. The quantitative estimate of drug-likeness (QED) is 0.527. The first-order valence-electron chi connectivity index (χ1n) is 9.07. The van der Waals surface area contributed by atoms with Crippen LogP contribution in [0.5, 0.6) is 11.5 Å². The van der Waals surface area contributed by atoms with Crippen LogP contribution in [0, 0.1) is 0 Å². The molecule has 8 nitrogen and oxygen atoms in total. The minimum Gasteiger partial charge on any atom is -0.493 e. The smallest absolute Gasteiger partial charge is 0.345 e. The first kappa shape index (κ1) is 21.1. The summed E-state index contributed by atoms with van der Waals surface area (Å²) in [5.41, 5.74) is 0.369. The normalized spacial score (nSPS) is 15.4. The van der Waals surface area contributed by atoms with Crippen molar-refractivity contribution < 1.29 is 28.7 Å². The summed E-state index contributed by atoms with van der Waals surface area (Å²) in [7, 11) is 2.97. The molecule has 1 aromatic rings. The van der Waals surface area contributed by atoms with Crippen LogP contribution in [0.4, 0.5) is 4.79 Å². The molecule has 1 aliphatic heterocycles. The van der Waals surface area contributed by atoms with Gasteiger partial charge in [0.1, 0.15) is 5.70 Å². The fourth-order valence-corrected chi connectivity index (χ4v) is 2.84. The Morgan fingerprint density at radius 2 is 1.50 bits per heavy atom. The summed E-state index contributed by atoms with van der Waals surface area (Å²) in [5, 5.41) is 0.